The van der Waals surface area contributed by atoms with Crippen molar-refractivity contribution in [3.05, 3.63) is 30.1 Å². The third-order valence-corrected chi connectivity index (χ3v) is 3.92. The Hall–Kier alpha value is -1.47. The number of hydrogen-bond acceptors (Lipinski definition) is 4. The Kier molecular flexibility index (Phi) is 4.42. The fraction of sp³-hybridized carbons (Fsp3) is 0.455. The first kappa shape index (κ1) is 14.6. The van der Waals surface area contributed by atoms with E-state index in [2.05, 4.69) is 9.71 Å². The van der Waals surface area contributed by atoms with Crippen LogP contribution in [0.15, 0.2) is 24.5 Å². The van der Waals surface area contributed by atoms with E-state index in [1.165, 1.54) is 13.8 Å². The molecule has 0 aliphatic heterocycles. The molecule has 0 saturated carbocycles. The highest BCUT2D eigenvalue weighted by molar-refractivity contribution is 7.89. The van der Waals surface area contributed by atoms with Crippen LogP contribution in [0.5, 0.6) is 0 Å². The maximum absolute atomic E-state index is 11.7. The van der Waals surface area contributed by atoms with Crippen LogP contribution in [-0.2, 0) is 21.2 Å². The minimum absolute atomic E-state index is 0.159. The van der Waals surface area contributed by atoms with Crippen molar-refractivity contribution in [3.63, 3.8) is 0 Å². The van der Waals surface area contributed by atoms with Crippen molar-refractivity contribution in [1.29, 1.82) is 0 Å². The van der Waals surface area contributed by atoms with Crippen LogP contribution < -0.4 is 4.72 Å². The summed E-state index contributed by atoms with van der Waals surface area (Å²) in [6.07, 6.45) is 3.47. The molecule has 0 unspecified atom stereocenters. The Labute approximate surface area is 106 Å². The van der Waals surface area contributed by atoms with Gasteiger partial charge >= 0.3 is 5.97 Å². The molecular weight excluding hydrogens is 256 g/mol. The van der Waals surface area contributed by atoms with Crippen molar-refractivity contribution in [2.45, 2.75) is 25.8 Å². The number of carboxylic acids is 1. The number of aliphatic carboxylic acids is 1. The van der Waals surface area contributed by atoms with Crippen LogP contribution in [0.4, 0.5) is 0 Å². The number of aryl methyl sites for hydroxylation is 1. The predicted molar refractivity (Wildman–Crippen MR) is 66.6 cm³/mol. The first-order chi connectivity index (χ1) is 8.23. The third-order valence-electron chi connectivity index (χ3n) is 2.35. The number of nitrogens with zero attached hydrogens (tertiary/aromatic N) is 1. The number of hydrogen-bond donors (Lipinski definition) is 2. The molecule has 0 amide bonds. The zero-order chi connectivity index (χ0) is 13.8. The van der Waals surface area contributed by atoms with Crippen LogP contribution in [0, 0.1) is 0 Å². The number of carbonyl (C=O) groups is 1. The van der Waals surface area contributed by atoms with Gasteiger partial charge in [-0.3, -0.25) is 9.78 Å². The molecule has 6 nitrogen and oxygen atoms in total. The van der Waals surface area contributed by atoms with Gasteiger partial charge in [0.05, 0.1) is 5.75 Å². The Bertz CT molecular complexity index is 511. The van der Waals surface area contributed by atoms with Crippen LogP contribution in [-0.4, -0.2) is 35.8 Å². The van der Waals surface area contributed by atoms with Crippen LogP contribution in [0.2, 0.25) is 0 Å². The minimum Gasteiger partial charge on any atom is -0.480 e. The van der Waals surface area contributed by atoms with E-state index >= 15 is 0 Å². The van der Waals surface area contributed by atoms with Gasteiger partial charge in [0, 0.05) is 12.4 Å². The van der Waals surface area contributed by atoms with Crippen LogP contribution >= 0.6 is 0 Å². The van der Waals surface area contributed by atoms with Crippen LogP contribution in [0.1, 0.15) is 19.4 Å². The second-order valence-electron chi connectivity index (χ2n) is 4.46. The Morgan fingerprint density at radius 2 is 1.94 bits per heavy atom. The van der Waals surface area contributed by atoms with Crippen molar-refractivity contribution >= 4 is 16.0 Å². The summed E-state index contributed by atoms with van der Waals surface area (Å²) in [7, 11) is -3.63. The summed E-state index contributed by atoms with van der Waals surface area (Å²) in [4.78, 5) is 14.7. The van der Waals surface area contributed by atoms with Gasteiger partial charge in [-0.2, -0.15) is 4.72 Å². The number of sulfonamides is 1. The first-order valence-corrected chi connectivity index (χ1v) is 7.02. The van der Waals surface area contributed by atoms with Gasteiger partial charge in [0.25, 0.3) is 0 Å². The first-order valence-electron chi connectivity index (χ1n) is 5.37. The summed E-state index contributed by atoms with van der Waals surface area (Å²) in [6, 6.07) is 3.44. The van der Waals surface area contributed by atoms with Crippen LogP contribution in [0.3, 0.4) is 0 Å². The molecule has 1 aromatic heterocycles. The van der Waals surface area contributed by atoms with Crippen molar-refractivity contribution in [2.75, 3.05) is 5.75 Å². The average Bonchev–Trinajstić information content (AvgIpc) is 2.26. The molecule has 1 aromatic rings. The van der Waals surface area contributed by atoms with Crippen molar-refractivity contribution in [3.8, 4) is 0 Å². The van der Waals surface area contributed by atoms with E-state index in [4.69, 9.17) is 5.11 Å². The lowest BCUT2D eigenvalue weighted by atomic mass is 10.1. The monoisotopic (exact) mass is 272 g/mol. The SMILES string of the molecule is CC(C)(NS(=O)(=O)CCc1ccncc1)C(=O)O. The van der Waals surface area contributed by atoms with Gasteiger partial charge < -0.3 is 5.11 Å². The minimum atomic E-state index is -3.63. The fourth-order valence-electron chi connectivity index (χ4n) is 1.29. The third kappa shape index (κ3) is 4.42. The largest absolute Gasteiger partial charge is 0.480 e. The molecule has 0 bridgehead atoms. The van der Waals surface area contributed by atoms with E-state index in [1.807, 2.05) is 0 Å². The summed E-state index contributed by atoms with van der Waals surface area (Å²) in [5.41, 5.74) is -0.666. The molecular formula is C11H16N2O4S. The molecule has 0 fully saturated rings. The summed E-state index contributed by atoms with van der Waals surface area (Å²) >= 11 is 0. The highest BCUT2D eigenvalue weighted by atomic mass is 32.2. The quantitative estimate of drug-likeness (QED) is 0.781. The van der Waals surface area contributed by atoms with Gasteiger partial charge in [-0.15, -0.1) is 0 Å². The van der Waals surface area contributed by atoms with Gasteiger partial charge in [0.1, 0.15) is 5.54 Å². The molecule has 18 heavy (non-hydrogen) atoms. The van der Waals surface area contributed by atoms with Gasteiger partial charge in [0.2, 0.25) is 10.0 Å². The molecule has 0 radical (unpaired) electrons. The van der Waals surface area contributed by atoms with E-state index < -0.39 is 21.5 Å². The van der Waals surface area contributed by atoms with E-state index in [1.54, 1.807) is 24.5 Å². The van der Waals surface area contributed by atoms with Gasteiger partial charge in [0.15, 0.2) is 0 Å². The molecule has 0 spiro atoms. The van der Waals surface area contributed by atoms with Crippen LogP contribution in [0.25, 0.3) is 0 Å². The predicted octanol–water partition coefficient (Wildman–Crippen LogP) is 0.407. The van der Waals surface area contributed by atoms with Crippen molar-refractivity contribution in [2.24, 2.45) is 0 Å². The van der Waals surface area contributed by atoms with Crippen molar-refractivity contribution < 1.29 is 18.3 Å². The Morgan fingerprint density at radius 1 is 1.39 bits per heavy atom. The van der Waals surface area contributed by atoms with Gasteiger partial charge in [-0.1, -0.05) is 0 Å². The Morgan fingerprint density at radius 3 is 2.44 bits per heavy atom. The Balaban J connectivity index is 2.64. The average molecular weight is 272 g/mol. The molecule has 2 N–H and O–H groups in total. The lowest BCUT2D eigenvalue weighted by Gasteiger charge is -2.20. The van der Waals surface area contributed by atoms with Gasteiger partial charge in [-0.25, -0.2) is 8.42 Å². The number of nitrogens with one attached hydrogen (secondary N) is 1. The summed E-state index contributed by atoms with van der Waals surface area (Å²) in [6.45, 7) is 2.61. The summed E-state index contributed by atoms with van der Waals surface area (Å²) < 4.78 is 25.6. The molecule has 0 aliphatic rings. The van der Waals surface area contributed by atoms with E-state index in [0.29, 0.717) is 6.42 Å². The van der Waals surface area contributed by atoms with E-state index in [9.17, 15) is 13.2 Å². The summed E-state index contributed by atoms with van der Waals surface area (Å²) in [5.74, 6) is -1.37. The number of carboxylic acid groups (broad SMARTS) is 1. The highest BCUT2D eigenvalue weighted by Gasteiger charge is 2.31. The molecule has 0 saturated heterocycles. The molecule has 0 atom stereocenters. The number of pyridine rings is 1. The van der Waals surface area contributed by atoms with Gasteiger partial charge in [-0.05, 0) is 38.0 Å². The maximum Gasteiger partial charge on any atom is 0.324 e. The molecule has 1 rings (SSSR count). The molecule has 1 heterocycles. The van der Waals surface area contributed by atoms with E-state index in [-0.39, 0.29) is 5.75 Å². The molecule has 100 valence electrons. The second-order valence-corrected chi connectivity index (χ2v) is 6.30. The maximum atomic E-state index is 11.7. The molecule has 0 aromatic carbocycles. The standard InChI is InChI=1S/C11H16N2O4S/c1-11(2,10(14)15)13-18(16,17)8-5-9-3-6-12-7-4-9/h3-4,6-7,13H,5,8H2,1-2H3,(H,14,15). The second kappa shape index (κ2) is 5.45. The number of rotatable bonds is 6. The lowest BCUT2D eigenvalue weighted by molar-refractivity contribution is -0.142. The van der Waals surface area contributed by atoms with Crippen molar-refractivity contribution in [1.82, 2.24) is 9.71 Å². The summed E-state index contributed by atoms with van der Waals surface area (Å²) in [5, 5.41) is 8.85. The molecule has 7 heteroatoms. The number of aromatic nitrogens is 1. The smallest absolute Gasteiger partial charge is 0.324 e. The van der Waals surface area contributed by atoms with E-state index in [0.717, 1.165) is 5.56 Å². The fourth-order valence-corrected chi connectivity index (χ4v) is 2.76. The molecule has 0 aliphatic carbocycles. The zero-order valence-electron chi connectivity index (χ0n) is 10.3. The lowest BCUT2D eigenvalue weighted by Crippen LogP contribution is -2.50. The topological polar surface area (TPSA) is 96.4 Å². The normalized spacial score (nSPS) is 12.3. The highest BCUT2D eigenvalue weighted by Crippen LogP contribution is 2.06. The zero-order valence-corrected chi connectivity index (χ0v) is 11.1.